The molecule has 1 aromatic rings. The number of esters is 1. The molecule has 1 aromatic carbocycles. The Morgan fingerprint density at radius 1 is 1.07 bits per heavy atom. The van der Waals surface area contributed by atoms with Gasteiger partial charge in [-0.1, -0.05) is 37.3 Å². The Balaban J connectivity index is 2.70. The third kappa shape index (κ3) is 8.48. The summed E-state index contributed by atoms with van der Waals surface area (Å²) in [5.74, 6) is -2.94. The molecule has 0 unspecified atom stereocenters. The van der Waals surface area contributed by atoms with Crippen LogP contribution in [0.2, 0.25) is 0 Å². The Morgan fingerprint density at radius 3 is 2.23 bits per heavy atom. The number of rotatable bonds is 11. The summed E-state index contributed by atoms with van der Waals surface area (Å²) in [4.78, 5) is 48.0. The first-order chi connectivity index (χ1) is 14.1. The SMILES string of the molecule is CCOC(=O)[C@H](C)C[C@H](NC(=O)[C@@H](NC(=O)OCc1ccccc1)[C@@H](C)O)C(N)=O. The molecule has 0 fully saturated rings. The summed E-state index contributed by atoms with van der Waals surface area (Å²) in [7, 11) is 0. The average Bonchev–Trinajstić information content (AvgIpc) is 2.70. The van der Waals surface area contributed by atoms with Gasteiger partial charge in [-0.2, -0.15) is 0 Å². The Hall–Kier alpha value is -3.14. The van der Waals surface area contributed by atoms with Crippen LogP contribution in [0.4, 0.5) is 4.79 Å². The van der Waals surface area contributed by atoms with E-state index in [0.717, 1.165) is 5.56 Å². The lowest BCUT2D eigenvalue weighted by Crippen LogP contribution is -2.57. The van der Waals surface area contributed by atoms with Gasteiger partial charge in [0.05, 0.1) is 18.6 Å². The number of amides is 3. The van der Waals surface area contributed by atoms with Crippen LogP contribution in [-0.4, -0.2) is 53.8 Å². The lowest BCUT2D eigenvalue weighted by Gasteiger charge is -2.24. The fourth-order valence-electron chi connectivity index (χ4n) is 2.54. The van der Waals surface area contributed by atoms with Crippen molar-refractivity contribution in [1.29, 1.82) is 0 Å². The molecule has 10 nitrogen and oxygen atoms in total. The number of hydrogen-bond acceptors (Lipinski definition) is 7. The molecule has 0 saturated carbocycles. The minimum Gasteiger partial charge on any atom is -0.466 e. The van der Waals surface area contributed by atoms with Crippen molar-refractivity contribution in [1.82, 2.24) is 10.6 Å². The molecule has 0 aliphatic rings. The van der Waals surface area contributed by atoms with Crippen LogP contribution in [0.15, 0.2) is 30.3 Å². The number of ether oxygens (including phenoxy) is 2. The highest BCUT2D eigenvalue weighted by Gasteiger charge is 2.31. The Labute approximate surface area is 175 Å². The van der Waals surface area contributed by atoms with Crippen LogP contribution in [0.25, 0.3) is 0 Å². The van der Waals surface area contributed by atoms with Crippen LogP contribution >= 0.6 is 0 Å². The fraction of sp³-hybridized carbons (Fsp3) is 0.500. The van der Waals surface area contributed by atoms with Gasteiger partial charge in [0.25, 0.3) is 0 Å². The average molecular weight is 423 g/mol. The second-order valence-corrected chi connectivity index (χ2v) is 6.78. The van der Waals surface area contributed by atoms with Gasteiger partial charge >= 0.3 is 12.1 Å². The summed E-state index contributed by atoms with van der Waals surface area (Å²) in [6.45, 7) is 4.62. The van der Waals surface area contributed by atoms with Crippen molar-refractivity contribution in [2.75, 3.05) is 6.61 Å². The Kier molecular flexibility index (Phi) is 10.3. The van der Waals surface area contributed by atoms with E-state index in [-0.39, 0.29) is 19.6 Å². The first kappa shape index (κ1) is 24.9. The van der Waals surface area contributed by atoms with E-state index in [1.165, 1.54) is 13.8 Å². The molecule has 30 heavy (non-hydrogen) atoms. The topological polar surface area (TPSA) is 157 Å². The molecule has 0 saturated heterocycles. The Morgan fingerprint density at radius 2 is 1.70 bits per heavy atom. The number of aliphatic hydroxyl groups is 1. The molecule has 166 valence electrons. The smallest absolute Gasteiger partial charge is 0.408 e. The van der Waals surface area contributed by atoms with Gasteiger partial charge in [0.15, 0.2) is 0 Å². The number of nitrogens with two attached hydrogens (primary N) is 1. The molecule has 0 aromatic heterocycles. The second-order valence-electron chi connectivity index (χ2n) is 6.78. The fourth-order valence-corrected chi connectivity index (χ4v) is 2.54. The van der Waals surface area contributed by atoms with Crippen molar-refractivity contribution in [3.05, 3.63) is 35.9 Å². The monoisotopic (exact) mass is 423 g/mol. The third-order valence-electron chi connectivity index (χ3n) is 4.19. The van der Waals surface area contributed by atoms with Gasteiger partial charge in [-0.3, -0.25) is 14.4 Å². The van der Waals surface area contributed by atoms with Crippen LogP contribution in [0.5, 0.6) is 0 Å². The maximum atomic E-state index is 12.5. The van der Waals surface area contributed by atoms with E-state index in [9.17, 15) is 24.3 Å². The van der Waals surface area contributed by atoms with E-state index >= 15 is 0 Å². The predicted molar refractivity (Wildman–Crippen MR) is 107 cm³/mol. The summed E-state index contributed by atoms with van der Waals surface area (Å²) in [6.07, 6.45) is -2.30. The zero-order valence-electron chi connectivity index (χ0n) is 17.3. The van der Waals surface area contributed by atoms with Gasteiger partial charge < -0.3 is 30.9 Å². The molecule has 5 N–H and O–H groups in total. The lowest BCUT2D eigenvalue weighted by atomic mass is 10.0. The molecule has 0 spiro atoms. The zero-order valence-corrected chi connectivity index (χ0v) is 17.3. The van der Waals surface area contributed by atoms with Gasteiger partial charge in [-0.25, -0.2) is 4.79 Å². The molecule has 0 bridgehead atoms. The predicted octanol–water partition coefficient (Wildman–Crippen LogP) is 0.222. The number of aliphatic hydroxyl groups excluding tert-OH is 1. The van der Waals surface area contributed by atoms with E-state index in [4.69, 9.17) is 15.2 Å². The second kappa shape index (κ2) is 12.4. The number of carbonyl (C=O) groups excluding carboxylic acids is 4. The van der Waals surface area contributed by atoms with E-state index in [1.807, 2.05) is 6.07 Å². The van der Waals surface area contributed by atoms with E-state index in [1.54, 1.807) is 31.2 Å². The maximum absolute atomic E-state index is 12.5. The molecular formula is C20H29N3O7. The van der Waals surface area contributed by atoms with Crippen molar-refractivity contribution >= 4 is 23.9 Å². The molecule has 0 aliphatic carbocycles. The van der Waals surface area contributed by atoms with Gasteiger partial charge in [-0.15, -0.1) is 0 Å². The number of hydrogen-bond donors (Lipinski definition) is 4. The quantitative estimate of drug-likeness (QED) is 0.371. The summed E-state index contributed by atoms with van der Waals surface area (Å²) in [5.41, 5.74) is 6.06. The number of alkyl carbamates (subject to hydrolysis) is 1. The van der Waals surface area contributed by atoms with Crippen molar-refractivity contribution in [2.45, 2.75) is 52.0 Å². The molecular weight excluding hydrogens is 394 g/mol. The maximum Gasteiger partial charge on any atom is 0.408 e. The van der Waals surface area contributed by atoms with Gasteiger partial charge in [-0.05, 0) is 25.8 Å². The minimum atomic E-state index is -1.40. The summed E-state index contributed by atoms with van der Waals surface area (Å²) >= 11 is 0. The Bertz CT molecular complexity index is 724. The number of carbonyl (C=O) groups is 4. The molecule has 0 radical (unpaired) electrons. The zero-order chi connectivity index (χ0) is 22.7. The molecule has 1 rings (SSSR count). The lowest BCUT2D eigenvalue weighted by molar-refractivity contribution is -0.148. The van der Waals surface area contributed by atoms with Crippen molar-refractivity contribution in [2.24, 2.45) is 11.7 Å². The first-order valence-electron chi connectivity index (χ1n) is 9.57. The van der Waals surface area contributed by atoms with Crippen molar-refractivity contribution in [3.8, 4) is 0 Å². The van der Waals surface area contributed by atoms with Crippen LogP contribution in [-0.2, 0) is 30.5 Å². The van der Waals surface area contributed by atoms with Crippen molar-refractivity contribution in [3.63, 3.8) is 0 Å². The number of nitrogens with one attached hydrogen (secondary N) is 2. The minimum absolute atomic E-state index is 0.0260. The van der Waals surface area contributed by atoms with E-state index < -0.39 is 48.0 Å². The van der Waals surface area contributed by atoms with Gasteiger partial charge in [0.1, 0.15) is 18.7 Å². The molecule has 0 heterocycles. The molecule has 10 heteroatoms. The highest BCUT2D eigenvalue weighted by Crippen LogP contribution is 2.09. The summed E-state index contributed by atoms with van der Waals surface area (Å²) < 4.78 is 9.91. The highest BCUT2D eigenvalue weighted by molar-refractivity contribution is 5.91. The largest absolute Gasteiger partial charge is 0.466 e. The third-order valence-corrected chi connectivity index (χ3v) is 4.19. The first-order valence-corrected chi connectivity index (χ1v) is 9.57. The van der Waals surface area contributed by atoms with E-state index in [0.29, 0.717) is 0 Å². The van der Waals surface area contributed by atoms with Gasteiger partial charge in [0.2, 0.25) is 11.8 Å². The van der Waals surface area contributed by atoms with Crippen molar-refractivity contribution < 1.29 is 33.8 Å². The summed E-state index contributed by atoms with van der Waals surface area (Å²) in [6, 6.07) is 6.31. The normalized spacial score (nSPS) is 14.5. The number of benzene rings is 1. The van der Waals surface area contributed by atoms with Crippen LogP contribution < -0.4 is 16.4 Å². The summed E-state index contributed by atoms with van der Waals surface area (Å²) in [5, 5.41) is 14.5. The van der Waals surface area contributed by atoms with E-state index in [2.05, 4.69) is 10.6 Å². The van der Waals surface area contributed by atoms with Crippen LogP contribution in [0.3, 0.4) is 0 Å². The van der Waals surface area contributed by atoms with Gasteiger partial charge in [0, 0.05) is 0 Å². The standard InChI is InChI=1S/C20H29N3O7/c1-4-29-19(27)12(2)10-15(17(21)25)22-18(26)16(13(3)24)23-20(28)30-11-14-8-6-5-7-9-14/h5-9,12-13,15-16,24H,4,10-11H2,1-3H3,(H2,21,25)(H,22,26)(H,23,28)/t12-,13-,15+,16+/m1/s1. The molecule has 3 amide bonds. The van der Waals surface area contributed by atoms with Crippen LogP contribution in [0.1, 0.15) is 32.8 Å². The molecule has 0 aliphatic heterocycles. The van der Waals surface area contributed by atoms with Crippen LogP contribution in [0, 0.1) is 5.92 Å². The highest BCUT2D eigenvalue weighted by atomic mass is 16.5. The molecule has 4 atom stereocenters. The number of primary amides is 1.